The number of carbonyl (C=O) groups excluding carboxylic acids is 3. The molecule has 0 aliphatic carbocycles. The van der Waals surface area contributed by atoms with Crippen LogP contribution in [0, 0.1) is 6.92 Å². The molecule has 34 heavy (non-hydrogen) atoms. The van der Waals surface area contributed by atoms with Crippen LogP contribution in [0.3, 0.4) is 0 Å². The summed E-state index contributed by atoms with van der Waals surface area (Å²) >= 11 is 0. The van der Waals surface area contributed by atoms with Crippen molar-refractivity contribution in [2.24, 2.45) is 0 Å². The zero-order chi connectivity index (χ0) is 25.3. The first-order valence-corrected chi connectivity index (χ1v) is 11.0. The zero-order valence-electron chi connectivity index (χ0n) is 20.6. The third-order valence-electron chi connectivity index (χ3n) is 4.81. The Labute approximate surface area is 199 Å². The number of nitrogens with one attached hydrogen (secondary N) is 2. The van der Waals surface area contributed by atoms with Gasteiger partial charge in [0.15, 0.2) is 5.82 Å². The van der Waals surface area contributed by atoms with Gasteiger partial charge in [-0.05, 0) is 45.4 Å². The Kier molecular flexibility index (Phi) is 9.61. The lowest BCUT2D eigenvalue weighted by Gasteiger charge is -2.33. The third-order valence-corrected chi connectivity index (χ3v) is 4.81. The van der Waals surface area contributed by atoms with Gasteiger partial charge < -0.3 is 29.5 Å². The quantitative estimate of drug-likeness (QED) is 0.513. The van der Waals surface area contributed by atoms with Crippen molar-refractivity contribution in [2.45, 2.75) is 52.1 Å². The molecule has 0 saturated heterocycles. The predicted octanol–water partition coefficient (Wildman–Crippen LogP) is 2.84. The second-order valence-corrected chi connectivity index (χ2v) is 8.87. The Hall–Kier alpha value is -3.40. The molecule has 10 nitrogen and oxygen atoms in total. The number of anilines is 1. The second kappa shape index (κ2) is 12.2. The number of nitrogens with zero attached hydrogens (tertiary/aromatic N) is 2. The summed E-state index contributed by atoms with van der Waals surface area (Å²) in [7, 11) is 3.08. The van der Waals surface area contributed by atoms with E-state index < -0.39 is 11.6 Å². The van der Waals surface area contributed by atoms with E-state index in [-0.39, 0.29) is 49.5 Å². The number of amides is 3. The normalized spacial score (nSPS) is 12.1. The van der Waals surface area contributed by atoms with Crippen LogP contribution in [0.2, 0.25) is 0 Å². The van der Waals surface area contributed by atoms with Gasteiger partial charge in [-0.1, -0.05) is 17.3 Å². The lowest BCUT2D eigenvalue weighted by Crippen LogP contribution is -2.50. The minimum atomic E-state index is -0.908. The summed E-state index contributed by atoms with van der Waals surface area (Å²) in [5.41, 5.74) is 0.113. The van der Waals surface area contributed by atoms with E-state index in [4.69, 9.17) is 14.0 Å². The molecule has 0 spiro atoms. The molecule has 0 saturated carbocycles. The van der Waals surface area contributed by atoms with E-state index in [9.17, 15) is 14.4 Å². The maximum Gasteiger partial charge on any atom is 0.247 e. The number of hydrogen-bond acceptors (Lipinski definition) is 7. The van der Waals surface area contributed by atoms with Crippen LogP contribution in [0.1, 0.15) is 51.0 Å². The summed E-state index contributed by atoms with van der Waals surface area (Å²) in [6.07, 6.45) is -0.174. The van der Waals surface area contributed by atoms with E-state index in [0.717, 1.165) is 0 Å². The Bertz CT molecular complexity index is 965. The van der Waals surface area contributed by atoms with Crippen LogP contribution in [0.15, 0.2) is 34.9 Å². The highest BCUT2D eigenvalue weighted by Gasteiger charge is 2.33. The van der Waals surface area contributed by atoms with Gasteiger partial charge in [-0.2, -0.15) is 0 Å². The summed E-state index contributed by atoms with van der Waals surface area (Å²) < 4.78 is 15.3. The molecule has 3 amide bonds. The summed E-state index contributed by atoms with van der Waals surface area (Å²) in [5.74, 6) is 0.413. The van der Waals surface area contributed by atoms with Gasteiger partial charge in [0.2, 0.25) is 17.7 Å². The fourth-order valence-electron chi connectivity index (χ4n) is 3.28. The van der Waals surface area contributed by atoms with Crippen molar-refractivity contribution in [3.8, 4) is 5.75 Å². The highest BCUT2D eigenvalue weighted by Crippen LogP contribution is 2.25. The van der Waals surface area contributed by atoms with Crippen molar-refractivity contribution in [3.63, 3.8) is 0 Å². The Balaban J connectivity index is 2.24. The van der Waals surface area contributed by atoms with E-state index in [1.54, 1.807) is 44.4 Å². The maximum absolute atomic E-state index is 13.3. The number of ether oxygens (including phenoxy) is 2. The molecule has 10 heteroatoms. The van der Waals surface area contributed by atoms with Crippen LogP contribution in [-0.2, 0) is 19.1 Å². The SMILES string of the molecule is COCCN(C(=O)CCC(=O)Nc1cc(C)on1)[C@@H](C(=O)NC(C)(C)C)c1ccc(OC)cc1. The van der Waals surface area contributed by atoms with Crippen LogP contribution >= 0.6 is 0 Å². The van der Waals surface area contributed by atoms with Crippen molar-refractivity contribution in [1.82, 2.24) is 15.4 Å². The first kappa shape index (κ1) is 26.8. The number of hydrogen-bond donors (Lipinski definition) is 2. The van der Waals surface area contributed by atoms with Crippen molar-refractivity contribution < 1.29 is 28.4 Å². The Morgan fingerprint density at radius 3 is 2.32 bits per heavy atom. The smallest absolute Gasteiger partial charge is 0.247 e. The van der Waals surface area contributed by atoms with Crippen molar-refractivity contribution >= 4 is 23.5 Å². The van der Waals surface area contributed by atoms with Crippen LogP contribution in [-0.4, -0.2) is 60.7 Å². The Morgan fingerprint density at radius 1 is 1.12 bits per heavy atom. The highest BCUT2D eigenvalue weighted by atomic mass is 16.5. The molecule has 0 fully saturated rings. The second-order valence-electron chi connectivity index (χ2n) is 8.87. The van der Waals surface area contributed by atoms with Crippen molar-refractivity contribution in [3.05, 3.63) is 41.7 Å². The van der Waals surface area contributed by atoms with E-state index in [0.29, 0.717) is 17.1 Å². The first-order chi connectivity index (χ1) is 16.0. The van der Waals surface area contributed by atoms with Crippen LogP contribution in [0.5, 0.6) is 5.75 Å². The van der Waals surface area contributed by atoms with Gasteiger partial charge in [0.1, 0.15) is 17.6 Å². The fourth-order valence-corrected chi connectivity index (χ4v) is 3.28. The predicted molar refractivity (Wildman–Crippen MR) is 126 cm³/mol. The van der Waals surface area contributed by atoms with E-state index in [1.165, 1.54) is 12.0 Å². The van der Waals surface area contributed by atoms with Gasteiger partial charge in [0, 0.05) is 38.1 Å². The first-order valence-electron chi connectivity index (χ1n) is 11.0. The number of aryl methyl sites for hydroxylation is 1. The van der Waals surface area contributed by atoms with Gasteiger partial charge in [-0.25, -0.2) is 0 Å². The van der Waals surface area contributed by atoms with E-state index in [1.807, 2.05) is 20.8 Å². The topological polar surface area (TPSA) is 123 Å². The average molecular weight is 475 g/mol. The minimum absolute atomic E-state index is 0.0789. The molecule has 2 N–H and O–H groups in total. The van der Waals surface area contributed by atoms with Gasteiger partial charge in [-0.15, -0.1) is 0 Å². The lowest BCUT2D eigenvalue weighted by atomic mass is 10.0. The van der Waals surface area contributed by atoms with E-state index in [2.05, 4.69) is 15.8 Å². The van der Waals surface area contributed by atoms with Gasteiger partial charge in [0.25, 0.3) is 0 Å². The fraction of sp³-hybridized carbons (Fsp3) is 0.500. The summed E-state index contributed by atoms with van der Waals surface area (Å²) in [5, 5.41) is 9.27. The Morgan fingerprint density at radius 2 is 1.79 bits per heavy atom. The molecule has 1 heterocycles. The summed E-state index contributed by atoms with van der Waals surface area (Å²) in [6, 6.07) is 7.64. The highest BCUT2D eigenvalue weighted by molar-refractivity contribution is 5.94. The molecule has 2 aromatic rings. The molecule has 0 aliphatic heterocycles. The molecule has 1 atom stereocenters. The number of benzene rings is 1. The molecule has 1 aromatic heterocycles. The molecule has 2 rings (SSSR count). The van der Waals surface area contributed by atoms with Crippen molar-refractivity contribution in [2.75, 3.05) is 32.7 Å². The molecule has 0 unspecified atom stereocenters. The molecule has 0 bridgehead atoms. The molecular formula is C24H34N4O6. The monoisotopic (exact) mass is 474 g/mol. The molecule has 186 valence electrons. The van der Waals surface area contributed by atoms with Crippen LogP contribution < -0.4 is 15.4 Å². The van der Waals surface area contributed by atoms with Crippen LogP contribution in [0.25, 0.3) is 0 Å². The zero-order valence-corrected chi connectivity index (χ0v) is 20.6. The van der Waals surface area contributed by atoms with Gasteiger partial charge >= 0.3 is 0 Å². The molecule has 0 radical (unpaired) electrons. The summed E-state index contributed by atoms with van der Waals surface area (Å²) in [4.78, 5) is 40.4. The average Bonchev–Trinajstić information content (AvgIpc) is 3.18. The molecule has 0 aliphatic rings. The number of aromatic nitrogens is 1. The van der Waals surface area contributed by atoms with Gasteiger partial charge in [-0.3, -0.25) is 14.4 Å². The standard InChI is InChI=1S/C24H34N4O6/c1-16-15-19(27-34-16)25-20(29)11-12-21(30)28(13-14-32-5)22(23(31)26-24(2,3)4)17-7-9-18(33-6)10-8-17/h7-10,15,22H,11-14H2,1-6H3,(H,26,31)(H,25,27,29)/t22-/m1/s1. The summed E-state index contributed by atoms with van der Waals surface area (Å²) in [6.45, 7) is 7.72. The largest absolute Gasteiger partial charge is 0.497 e. The number of rotatable bonds is 11. The number of carbonyl (C=O) groups is 3. The van der Waals surface area contributed by atoms with E-state index >= 15 is 0 Å². The molecular weight excluding hydrogens is 440 g/mol. The lowest BCUT2D eigenvalue weighted by molar-refractivity contribution is -0.142. The minimum Gasteiger partial charge on any atom is -0.497 e. The maximum atomic E-state index is 13.3. The van der Waals surface area contributed by atoms with Gasteiger partial charge in [0.05, 0.1) is 13.7 Å². The van der Waals surface area contributed by atoms with Crippen LogP contribution in [0.4, 0.5) is 5.82 Å². The van der Waals surface area contributed by atoms with Crippen molar-refractivity contribution in [1.29, 1.82) is 0 Å². The number of methoxy groups -OCH3 is 2. The third kappa shape index (κ3) is 8.18. The molecule has 1 aromatic carbocycles.